The number of thiophene rings is 1. The van der Waals surface area contributed by atoms with Crippen molar-refractivity contribution in [1.29, 1.82) is 0 Å². The Morgan fingerprint density at radius 1 is 1.07 bits per heavy atom. The van der Waals surface area contributed by atoms with Gasteiger partial charge < -0.3 is 5.11 Å². The van der Waals surface area contributed by atoms with Crippen molar-refractivity contribution in [2.24, 2.45) is 0 Å². The molecule has 1 aromatic heterocycles. The number of halogens is 1. The van der Waals surface area contributed by atoms with Crippen molar-refractivity contribution >= 4 is 52.3 Å². The highest BCUT2D eigenvalue weighted by Gasteiger charge is 2.54. The molecule has 2 N–H and O–H groups in total. The molecule has 1 atom stereocenters. The summed E-state index contributed by atoms with van der Waals surface area (Å²) in [7, 11) is 0. The zero-order valence-corrected chi connectivity index (χ0v) is 16.7. The number of rotatable bonds is 4. The number of imide groups is 1. The molecule has 3 amide bonds. The van der Waals surface area contributed by atoms with Crippen LogP contribution in [-0.4, -0.2) is 17.0 Å². The fraction of sp³-hybridized carbons (Fsp3) is 0. The number of carbonyl (C=O) groups excluding carboxylic acids is 2. The Bertz CT molecular complexity index is 1150. The molecule has 0 aliphatic carbocycles. The van der Waals surface area contributed by atoms with E-state index in [0.29, 0.717) is 21.3 Å². The largest absolute Gasteiger partial charge is 0.508 e. The highest BCUT2D eigenvalue weighted by atomic mass is 35.5. The van der Waals surface area contributed by atoms with Gasteiger partial charge in [0.1, 0.15) is 5.75 Å². The van der Waals surface area contributed by atoms with Crippen LogP contribution in [0.25, 0.3) is 11.8 Å². The van der Waals surface area contributed by atoms with Gasteiger partial charge in [-0.05, 0) is 35.9 Å². The van der Waals surface area contributed by atoms with Crippen molar-refractivity contribution in [3.63, 3.8) is 0 Å². The lowest BCUT2D eigenvalue weighted by molar-refractivity contribution is -0.120. The molecule has 2 heterocycles. The molecule has 0 radical (unpaired) electrons. The average Bonchev–Trinajstić information content (AvgIpc) is 3.30. The normalized spacial score (nSPS) is 18.7. The van der Waals surface area contributed by atoms with E-state index in [2.05, 4.69) is 5.32 Å². The van der Waals surface area contributed by atoms with Gasteiger partial charge in [0.15, 0.2) is 11.4 Å². The molecule has 7 heteroatoms. The van der Waals surface area contributed by atoms with Gasteiger partial charge in [-0.1, -0.05) is 41.9 Å². The van der Waals surface area contributed by atoms with Crippen LogP contribution in [0.15, 0.2) is 79.0 Å². The number of urea groups is 1. The highest BCUT2D eigenvalue weighted by Crippen LogP contribution is 2.41. The zero-order valence-electron chi connectivity index (χ0n) is 15.1. The third-order valence-corrected chi connectivity index (χ3v) is 5.84. The zero-order chi connectivity index (χ0) is 20.4. The van der Waals surface area contributed by atoms with Crippen LogP contribution in [-0.2, 0) is 4.79 Å². The van der Waals surface area contributed by atoms with Gasteiger partial charge in [-0.15, -0.1) is 15.8 Å². The topological polar surface area (TPSA) is 66.4 Å². The van der Waals surface area contributed by atoms with Gasteiger partial charge in [-0.25, -0.2) is 9.59 Å². The molecule has 1 unspecified atom stereocenters. The summed E-state index contributed by atoms with van der Waals surface area (Å²) in [5.74, 6) is -0.343. The number of nitrogens with zero attached hydrogens (tertiary/aromatic N) is 1. The van der Waals surface area contributed by atoms with E-state index in [9.17, 15) is 14.7 Å². The van der Waals surface area contributed by atoms with E-state index in [1.165, 1.54) is 23.5 Å². The third-order valence-electron chi connectivity index (χ3n) is 4.59. The van der Waals surface area contributed by atoms with Crippen LogP contribution in [0.2, 0.25) is 4.34 Å². The number of aromatic hydroxyl groups is 1. The predicted molar refractivity (Wildman–Crippen MR) is 116 cm³/mol. The molecule has 1 aliphatic rings. The SMILES string of the molecule is O=C(C=Cc1cccc(O)c1)[N+]1(c2ccccc2)C(=O)NC=C1c1ccc(Cl)s1. The molecule has 0 saturated carbocycles. The van der Waals surface area contributed by atoms with Crippen LogP contribution in [0.5, 0.6) is 5.75 Å². The van der Waals surface area contributed by atoms with E-state index in [1.807, 2.05) is 6.07 Å². The van der Waals surface area contributed by atoms with Crippen LogP contribution in [0.4, 0.5) is 10.5 Å². The molecular formula is C22H16ClN2O3S+. The summed E-state index contributed by atoms with van der Waals surface area (Å²) in [6.07, 6.45) is 4.49. The number of amides is 3. The number of quaternary nitrogens is 1. The lowest BCUT2D eigenvalue weighted by Gasteiger charge is -2.27. The van der Waals surface area contributed by atoms with Crippen molar-refractivity contribution in [3.05, 3.63) is 93.8 Å². The van der Waals surface area contributed by atoms with Gasteiger partial charge in [-0.3, -0.25) is 5.32 Å². The van der Waals surface area contributed by atoms with Gasteiger partial charge in [0.2, 0.25) is 0 Å². The van der Waals surface area contributed by atoms with Crippen LogP contribution in [0.3, 0.4) is 0 Å². The predicted octanol–water partition coefficient (Wildman–Crippen LogP) is 5.38. The lowest BCUT2D eigenvalue weighted by Crippen LogP contribution is -2.55. The second-order valence-corrected chi connectivity index (χ2v) is 8.07. The Labute approximate surface area is 176 Å². The number of hydrogen-bond donors (Lipinski definition) is 2. The number of para-hydroxylation sites is 1. The van der Waals surface area contributed by atoms with Gasteiger partial charge in [0.05, 0.1) is 15.4 Å². The summed E-state index contributed by atoms with van der Waals surface area (Å²) in [6, 6.07) is 18.5. The first-order valence-corrected chi connectivity index (χ1v) is 9.95. The van der Waals surface area contributed by atoms with E-state index < -0.39 is 16.4 Å². The highest BCUT2D eigenvalue weighted by molar-refractivity contribution is 7.17. The minimum Gasteiger partial charge on any atom is -0.508 e. The van der Waals surface area contributed by atoms with Crippen molar-refractivity contribution in [1.82, 2.24) is 9.80 Å². The third kappa shape index (κ3) is 3.38. The molecular weight excluding hydrogens is 408 g/mol. The molecule has 0 bridgehead atoms. The average molecular weight is 424 g/mol. The van der Waals surface area contributed by atoms with Crippen molar-refractivity contribution < 1.29 is 14.7 Å². The number of phenolic OH excluding ortho intramolecular Hbond substituents is 1. The van der Waals surface area contributed by atoms with Gasteiger partial charge in [0, 0.05) is 18.2 Å². The summed E-state index contributed by atoms with van der Waals surface area (Å²) in [4.78, 5) is 27.3. The first kappa shape index (κ1) is 19.1. The lowest BCUT2D eigenvalue weighted by atomic mass is 10.1. The summed E-state index contributed by atoms with van der Waals surface area (Å²) >= 11 is 7.40. The first-order valence-electron chi connectivity index (χ1n) is 8.75. The van der Waals surface area contributed by atoms with E-state index in [1.54, 1.807) is 66.9 Å². The molecule has 1 aliphatic heterocycles. The smallest absolute Gasteiger partial charge is 0.438 e. The van der Waals surface area contributed by atoms with E-state index in [4.69, 9.17) is 11.6 Å². The molecule has 4 rings (SSSR count). The van der Waals surface area contributed by atoms with Crippen molar-refractivity contribution in [2.75, 3.05) is 0 Å². The van der Waals surface area contributed by atoms with Crippen molar-refractivity contribution in [3.8, 4) is 5.75 Å². The Hall–Kier alpha value is -3.19. The van der Waals surface area contributed by atoms with Crippen molar-refractivity contribution in [2.45, 2.75) is 0 Å². The maximum absolute atomic E-state index is 13.5. The summed E-state index contributed by atoms with van der Waals surface area (Å²) < 4.78 is -0.0679. The van der Waals surface area contributed by atoms with Gasteiger partial charge in [-0.2, -0.15) is 0 Å². The summed E-state index contributed by atoms with van der Waals surface area (Å²) in [5, 5.41) is 12.3. The van der Waals surface area contributed by atoms with E-state index in [-0.39, 0.29) is 5.75 Å². The Morgan fingerprint density at radius 2 is 1.86 bits per heavy atom. The number of benzene rings is 2. The fourth-order valence-electron chi connectivity index (χ4n) is 3.28. The minimum atomic E-state index is -0.632. The maximum Gasteiger partial charge on any atom is 0.438 e. The number of hydrogen-bond acceptors (Lipinski definition) is 4. The fourth-order valence-corrected chi connectivity index (χ4v) is 4.38. The molecule has 29 heavy (non-hydrogen) atoms. The number of nitrogens with one attached hydrogen (secondary N) is 1. The Kier molecular flexibility index (Phi) is 5.07. The second-order valence-electron chi connectivity index (χ2n) is 6.36. The van der Waals surface area contributed by atoms with Crippen LogP contribution >= 0.6 is 22.9 Å². The standard InChI is InChI=1S/C22H15ClN2O3S/c23-20-11-10-19(29-20)18-14-24-22(28)25(18,16-6-2-1-3-7-16)21(27)12-9-15-5-4-8-17(26)13-15/h1-14H,(H-,24,26,28)/p+1. The van der Waals surface area contributed by atoms with E-state index >= 15 is 0 Å². The first-order chi connectivity index (χ1) is 14.0. The molecule has 0 saturated heterocycles. The summed E-state index contributed by atoms with van der Waals surface area (Å²) in [5.41, 5.74) is 1.67. The molecule has 3 aromatic rings. The van der Waals surface area contributed by atoms with Crippen LogP contribution in [0.1, 0.15) is 10.4 Å². The van der Waals surface area contributed by atoms with Crippen LogP contribution < -0.4 is 9.80 Å². The Morgan fingerprint density at radius 3 is 2.55 bits per heavy atom. The quantitative estimate of drug-likeness (QED) is 0.437. The molecule has 144 valence electrons. The van der Waals surface area contributed by atoms with Gasteiger partial charge >= 0.3 is 11.9 Å². The number of carbonyl (C=O) groups is 2. The number of phenols is 1. The second kappa shape index (κ2) is 7.67. The summed E-state index contributed by atoms with van der Waals surface area (Å²) in [6.45, 7) is 0. The molecule has 5 nitrogen and oxygen atoms in total. The molecule has 0 fully saturated rings. The van der Waals surface area contributed by atoms with Crippen LogP contribution in [0, 0.1) is 0 Å². The monoisotopic (exact) mass is 423 g/mol. The molecule has 0 spiro atoms. The maximum atomic E-state index is 13.5. The van der Waals surface area contributed by atoms with E-state index in [0.717, 1.165) is 4.88 Å². The van der Waals surface area contributed by atoms with Gasteiger partial charge in [0.25, 0.3) is 0 Å². The molecule has 2 aromatic carbocycles. The minimum absolute atomic E-state index is 0.0966. The Balaban J connectivity index is 1.84.